The van der Waals surface area contributed by atoms with Gasteiger partial charge in [-0.3, -0.25) is 4.79 Å². The van der Waals surface area contributed by atoms with Gasteiger partial charge in [-0.25, -0.2) is 4.79 Å². The first-order valence-electron chi connectivity index (χ1n) is 5.06. The van der Waals surface area contributed by atoms with Crippen molar-refractivity contribution >= 4 is 12.3 Å². The number of esters is 1. The average molecular weight is 238 g/mol. The van der Waals surface area contributed by atoms with Crippen LogP contribution in [0.4, 0.5) is 0 Å². The van der Waals surface area contributed by atoms with Crippen molar-refractivity contribution in [3.63, 3.8) is 0 Å². The Labute approximate surface area is 99.3 Å². The molecule has 1 rings (SSSR count). The molecular formula is C12H14O5. The predicted octanol–water partition coefficient (Wildman–Crippen LogP) is 1.69. The summed E-state index contributed by atoms with van der Waals surface area (Å²) in [5, 5.41) is 0. The van der Waals surface area contributed by atoms with E-state index in [0.29, 0.717) is 17.8 Å². The normalized spacial score (nSPS) is 9.59. The number of carbonyl (C=O) groups is 2. The van der Waals surface area contributed by atoms with Crippen LogP contribution < -0.4 is 9.47 Å². The highest BCUT2D eigenvalue weighted by Crippen LogP contribution is 2.28. The average Bonchev–Trinajstić information content (AvgIpc) is 2.37. The van der Waals surface area contributed by atoms with E-state index in [9.17, 15) is 9.59 Å². The van der Waals surface area contributed by atoms with Crippen LogP contribution in [-0.4, -0.2) is 33.1 Å². The molecule has 5 heteroatoms. The fourth-order valence-electron chi connectivity index (χ4n) is 1.38. The quantitative estimate of drug-likeness (QED) is 0.577. The highest BCUT2D eigenvalue weighted by molar-refractivity contribution is 5.95. The lowest BCUT2D eigenvalue weighted by molar-refractivity contribution is 0.0522. The topological polar surface area (TPSA) is 61.8 Å². The van der Waals surface area contributed by atoms with Crippen LogP contribution in [0, 0.1) is 0 Å². The highest BCUT2D eigenvalue weighted by Gasteiger charge is 2.17. The van der Waals surface area contributed by atoms with E-state index in [4.69, 9.17) is 14.2 Å². The molecule has 0 bridgehead atoms. The summed E-state index contributed by atoms with van der Waals surface area (Å²) in [5.41, 5.74) is 0.480. The van der Waals surface area contributed by atoms with Crippen molar-refractivity contribution < 1.29 is 23.8 Å². The Morgan fingerprint density at radius 3 is 2.35 bits per heavy atom. The van der Waals surface area contributed by atoms with Gasteiger partial charge in [-0.2, -0.15) is 0 Å². The van der Waals surface area contributed by atoms with E-state index in [-0.39, 0.29) is 17.7 Å². The second-order valence-electron chi connectivity index (χ2n) is 3.13. The molecule has 0 atom stereocenters. The molecule has 0 aliphatic heterocycles. The van der Waals surface area contributed by atoms with E-state index in [2.05, 4.69) is 0 Å². The Morgan fingerprint density at radius 2 is 1.88 bits per heavy atom. The van der Waals surface area contributed by atoms with Gasteiger partial charge in [-0.05, 0) is 13.0 Å². The van der Waals surface area contributed by atoms with Crippen molar-refractivity contribution in [1.82, 2.24) is 0 Å². The maximum absolute atomic E-state index is 11.6. The zero-order chi connectivity index (χ0) is 12.8. The Kier molecular flexibility index (Phi) is 4.51. The van der Waals surface area contributed by atoms with Gasteiger partial charge in [0.25, 0.3) is 0 Å². The van der Waals surface area contributed by atoms with Crippen LogP contribution in [0.15, 0.2) is 12.1 Å². The minimum absolute atomic E-state index is 0.206. The zero-order valence-electron chi connectivity index (χ0n) is 9.98. The van der Waals surface area contributed by atoms with Gasteiger partial charge in [0.1, 0.15) is 17.1 Å². The molecule has 0 aliphatic carbocycles. The molecular weight excluding hydrogens is 224 g/mol. The minimum Gasteiger partial charge on any atom is -0.496 e. The minimum atomic E-state index is -0.532. The van der Waals surface area contributed by atoms with Crippen molar-refractivity contribution in [2.24, 2.45) is 0 Å². The lowest BCUT2D eigenvalue weighted by Crippen LogP contribution is -2.08. The second-order valence-corrected chi connectivity index (χ2v) is 3.13. The van der Waals surface area contributed by atoms with Gasteiger partial charge in [0.05, 0.1) is 26.4 Å². The van der Waals surface area contributed by atoms with Gasteiger partial charge in [-0.1, -0.05) is 0 Å². The molecule has 92 valence electrons. The lowest BCUT2D eigenvalue weighted by Gasteiger charge is -2.11. The largest absolute Gasteiger partial charge is 0.496 e. The maximum atomic E-state index is 11.6. The van der Waals surface area contributed by atoms with Crippen LogP contribution in [0.3, 0.4) is 0 Å². The Morgan fingerprint density at radius 1 is 1.24 bits per heavy atom. The first-order valence-corrected chi connectivity index (χ1v) is 5.06. The first-order chi connectivity index (χ1) is 8.17. The molecule has 0 fully saturated rings. The van der Waals surface area contributed by atoms with Gasteiger partial charge < -0.3 is 14.2 Å². The number of methoxy groups -OCH3 is 2. The second kappa shape index (κ2) is 5.89. The molecule has 0 unspecified atom stereocenters. The van der Waals surface area contributed by atoms with Crippen LogP contribution in [0.1, 0.15) is 27.6 Å². The van der Waals surface area contributed by atoms with Crippen molar-refractivity contribution in [2.75, 3.05) is 20.8 Å². The van der Waals surface area contributed by atoms with Crippen molar-refractivity contribution in [3.05, 3.63) is 23.3 Å². The van der Waals surface area contributed by atoms with Crippen LogP contribution in [0.25, 0.3) is 0 Å². The van der Waals surface area contributed by atoms with Gasteiger partial charge in [0.15, 0.2) is 6.29 Å². The molecule has 0 N–H and O–H groups in total. The number of ether oxygens (including phenoxy) is 3. The molecule has 17 heavy (non-hydrogen) atoms. The van der Waals surface area contributed by atoms with Crippen LogP contribution in [-0.2, 0) is 4.74 Å². The molecule has 0 amide bonds. The molecule has 1 aromatic carbocycles. The van der Waals surface area contributed by atoms with E-state index >= 15 is 0 Å². The lowest BCUT2D eigenvalue weighted by atomic mass is 10.1. The van der Waals surface area contributed by atoms with Crippen LogP contribution >= 0.6 is 0 Å². The number of aldehydes is 1. The van der Waals surface area contributed by atoms with Crippen LogP contribution in [0.5, 0.6) is 11.5 Å². The third-order valence-electron chi connectivity index (χ3n) is 2.17. The summed E-state index contributed by atoms with van der Waals surface area (Å²) in [6.45, 7) is 1.96. The number of benzene rings is 1. The standard InChI is InChI=1S/C12H14O5/c1-4-17-12(14)9-5-8(7-13)10(15-2)6-11(9)16-3/h5-7H,4H2,1-3H3. The van der Waals surface area contributed by atoms with E-state index in [1.807, 2.05) is 0 Å². The monoisotopic (exact) mass is 238 g/mol. The smallest absolute Gasteiger partial charge is 0.341 e. The van der Waals surface area contributed by atoms with Crippen LogP contribution in [0.2, 0.25) is 0 Å². The Hall–Kier alpha value is -2.04. The van der Waals surface area contributed by atoms with Gasteiger partial charge in [0.2, 0.25) is 0 Å². The zero-order valence-corrected chi connectivity index (χ0v) is 9.98. The number of hydrogen-bond acceptors (Lipinski definition) is 5. The van der Waals surface area contributed by atoms with Crippen molar-refractivity contribution in [1.29, 1.82) is 0 Å². The summed E-state index contributed by atoms with van der Waals surface area (Å²) in [7, 11) is 2.86. The van der Waals surface area contributed by atoms with Gasteiger partial charge in [-0.15, -0.1) is 0 Å². The molecule has 0 saturated carbocycles. The molecule has 0 heterocycles. The molecule has 0 aliphatic rings. The third-order valence-corrected chi connectivity index (χ3v) is 2.17. The summed E-state index contributed by atoms with van der Waals surface area (Å²) in [4.78, 5) is 22.5. The Bertz CT molecular complexity index is 425. The van der Waals surface area contributed by atoms with Crippen molar-refractivity contribution in [3.8, 4) is 11.5 Å². The highest BCUT2D eigenvalue weighted by atomic mass is 16.5. The molecule has 0 radical (unpaired) electrons. The molecule has 5 nitrogen and oxygen atoms in total. The SMILES string of the molecule is CCOC(=O)c1cc(C=O)c(OC)cc1OC. The molecule has 0 aromatic heterocycles. The summed E-state index contributed by atoms with van der Waals surface area (Å²) >= 11 is 0. The summed E-state index contributed by atoms with van der Waals surface area (Å²) in [6, 6.07) is 2.87. The van der Waals surface area contributed by atoms with E-state index in [1.54, 1.807) is 6.92 Å². The summed E-state index contributed by atoms with van der Waals surface area (Å²) < 4.78 is 14.9. The predicted molar refractivity (Wildman–Crippen MR) is 60.9 cm³/mol. The van der Waals surface area contributed by atoms with Crippen molar-refractivity contribution in [2.45, 2.75) is 6.92 Å². The molecule has 0 saturated heterocycles. The van der Waals surface area contributed by atoms with E-state index in [0.717, 1.165) is 0 Å². The molecule has 1 aromatic rings. The summed E-state index contributed by atoms with van der Waals surface area (Å²) in [6.07, 6.45) is 0.612. The summed E-state index contributed by atoms with van der Waals surface area (Å²) in [5.74, 6) is 0.130. The fourth-order valence-corrected chi connectivity index (χ4v) is 1.38. The number of hydrogen-bond donors (Lipinski definition) is 0. The Balaban J connectivity index is 3.28. The molecule has 0 spiro atoms. The maximum Gasteiger partial charge on any atom is 0.341 e. The number of rotatable bonds is 5. The first kappa shape index (κ1) is 13.0. The number of carbonyl (C=O) groups excluding carboxylic acids is 2. The van der Waals surface area contributed by atoms with E-state index in [1.165, 1.54) is 26.4 Å². The third kappa shape index (κ3) is 2.75. The van der Waals surface area contributed by atoms with Gasteiger partial charge >= 0.3 is 5.97 Å². The van der Waals surface area contributed by atoms with Gasteiger partial charge in [0, 0.05) is 6.07 Å². The fraction of sp³-hybridized carbons (Fsp3) is 0.333. The van der Waals surface area contributed by atoms with E-state index < -0.39 is 5.97 Å².